The van der Waals surface area contributed by atoms with Gasteiger partial charge in [-0.1, -0.05) is 6.92 Å². The Labute approximate surface area is 103 Å². The van der Waals surface area contributed by atoms with E-state index < -0.39 is 0 Å². The Morgan fingerprint density at radius 1 is 1.41 bits per heavy atom. The van der Waals surface area contributed by atoms with E-state index in [0.717, 1.165) is 24.4 Å². The van der Waals surface area contributed by atoms with Gasteiger partial charge in [0.1, 0.15) is 0 Å². The third kappa shape index (κ3) is 3.85. The van der Waals surface area contributed by atoms with Crippen molar-refractivity contribution in [1.29, 1.82) is 0 Å². The average molecular weight is 238 g/mol. The summed E-state index contributed by atoms with van der Waals surface area (Å²) in [5.74, 6) is 0.0473. The van der Waals surface area contributed by atoms with Gasteiger partial charge in [-0.2, -0.15) is 5.10 Å². The summed E-state index contributed by atoms with van der Waals surface area (Å²) in [5.41, 5.74) is 3.34. The Bertz CT molecular complexity index is 384. The minimum Gasteiger partial charge on any atom is -0.355 e. The van der Waals surface area contributed by atoms with Gasteiger partial charge in [-0.25, -0.2) is 0 Å². The predicted octanol–water partition coefficient (Wildman–Crippen LogP) is 0.653. The fourth-order valence-corrected chi connectivity index (χ4v) is 1.70. The van der Waals surface area contributed by atoms with E-state index in [2.05, 4.69) is 15.7 Å². The monoisotopic (exact) mass is 238 g/mol. The van der Waals surface area contributed by atoms with Crippen LogP contribution < -0.4 is 10.6 Å². The summed E-state index contributed by atoms with van der Waals surface area (Å²) in [6.07, 6.45) is 0.965. The molecule has 0 fully saturated rings. The van der Waals surface area contributed by atoms with E-state index in [-0.39, 0.29) is 5.91 Å². The van der Waals surface area contributed by atoms with E-state index in [9.17, 15) is 4.79 Å². The van der Waals surface area contributed by atoms with Gasteiger partial charge in [-0.3, -0.25) is 9.48 Å². The zero-order valence-corrected chi connectivity index (χ0v) is 11.1. The van der Waals surface area contributed by atoms with Crippen molar-refractivity contribution in [2.75, 3.05) is 13.1 Å². The van der Waals surface area contributed by atoms with E-state index in [0.29, 0.717) is 13.1 Å². The van der Waals surface area contributed by atoms with Gasteiger partial charge in [0.2, 0.25) is 5.91 Å². The zero-order chi connectivity index (χ0) is 12.8. The lowest BCUT2D eigenvalue weighted by molar-refractivity contribution is -0.120. The van der Waals surface area contributed by atoms with Crippen LogP contribution in [0, 0.1) is 13.8 Å². The average Bonchev–Trinajstić information content (AvgIpc) is 2.53. The van der Waals surface area contributed by atoms with Crippen molar-refractivity contribution in [2.45, 2.75) is 33.7 Å². The van der Waals surface area contributed by atoms with Crippen molar-refractivity contribution in [1.82, 2.24) is 20.4 Å². The first kappa shape index (κ1) is 13.7. The van der Waals surface area contributed by atoms with Gasteiger partial charge in [0.15, 0.2) is 0 Å². The van der Waals surface area contributed by atoms with Gasteiger partial charge in [0, 0.05) is 31.4 Å². The topological polar surface area (TPSA) is 59.0 Å². The highest BCUT2D eigenvalue weighted by molar-refractivity contribution is 5.77. The number of hydrogen-bond donors (Lipinski definition) is 2. The largest absolute Gasteiger partial charge is 0.355 e. The summed E-state index contributed by atoms with van der Waals surface area (Å²) >= 11 is 0. The summed E-state index contributed by atoms with van der Waals surface area (Å²) in [4.78, 5) is 11.4. The molecule has 1 amide bonds. The molecule has 0 radical (unpaired) electrons. The fraction of sp³-hybridized carbons (Fsp3) is 0.667. The molecular weight excluding hydrogens is 216 g/mol. The van der Waals surface area contributed by atoms with E-state index in [4.69, 9.17) is 0 Å². The van der Waals surface area contributed by atoms with E-state index in [1.165, 1.54) is 5.56 Å². The lowest BCUT2D eigenvalue weighted by atomic mass is 10.2. The van der Waals surface area contributed by atoms with Crippen LogP contribution in [0.5, 0.6) is 0 Å². The number of aromatic nitrogens is 2. The van der Waals surface area contributed by atoms with Crippen molar-refractivity contribution in [3.8, 4) is 0 Å². The molecule has 1 aromatic heterocycles. The number of hydrogen-bond acceptors (Lipinski definition) is 3. The maximum absolute atomic E-state index is 11.4. The molecule has 2 N–H and O–H groups in total. The normalized spacial score (nSPS) is 10.6. The van der Waals surface area contributed by atoms with Gasteiger partial charge in [-0.15, -0.1) is 0 Å². The SMILES string of the molecule is CCCNC(=O)CNCc1c(C)nn(C)c1C. The highest BCUT2D eigenvalue weighted by Gasteiger charge is 2.09. The van der Waals surface area contributed by atoms with Crippen LogP contribution in [0.25, 0.3) is 0 Å². The Kier molecular flexibility index (Phi) is 5.15. The van der Waals surface area contributed by atoms with Gasteiger partial charge in [0.05, 0.1) is 12.2 Å². The minimum atomic E-state index is 0.0473. The molecule has 0 aliphatic rings. The summed E-state index contributed by atoms with van der Waals surface area (Å²) in [6, 6.07) is 0. The molecule has 0 bridgehead atoms. The van der Waals surface area contributed by atoms with Gasteiger partial charge >= 0.3 is 0 Å². The molecule has 17 heavy (non-hydrogen) atoms. The number of rotatable bonds is 6. The third-order valence-corrected chi connectivity index (χ3v) is 2.82. The van der Waals surface area contributed by atoms with Gasteiger partial charge in [0.25, 0.3) is 0 Å². The first-order valence-electron chi connectivity index (χ1n) is 6.02. The molecular formula is C12H22N4O. The van der Waals surface area contributed by atoms with Gasteiger partial charge < -0.3 is 10.6 Å². The standard InChI is InChI=1S/C12H22N4O/c1-5-6-14-12(17)8-13-7-11-9(2)15-16(4)10(11)3/h13H,5-8H2,1-4H3,(H,14,17). The van der Waals surface area contributed by atoms with Crippen molar-refractivity contribution in [3.63, 3.8) is 0 Å². The molecule has 0 spiro atoms. The van der Waals surface area contributed by atoms with Crippen molar-refractivity contribution >= 4 is 5.91 Å². The van der Waals surface area contributed by atoms with Crippen molar-refractivity contribution < 1.29 is 4.79 Å². The van der Waals surface area contributed by atoms with Gasteiger partial charge in [-0.05, 0) is 20.3 Å². The Morgan fingerprint density at radius 2 is 2.12 bits per heavy atom. The van der Waals surface area contributed by atoms with Crippen LogP contribution >= 0.6 is 0 Å². The molecule has 0 aliphatic carbocycles. The summed E-state index contributed by atoms with van der Waals surface area (Å²) in [7, 11) is 1.93. The lowest BCUT2D eigenvalue weighted by Gasteiger charge is -2.06. The van der Waals surface area contributed by atoms with E-state index in [1.807, 2.05) is 32.5 Å². The molecule has 0 unspecified atom stereocenters. The molecule has 1 heterocycles. The third-order valence-electron chi connectivity index (χ3n) is 2.82. The Balaban J connectivity index is 2.38. The number of aryl methyl sites for hydroxylation is 2. The first-order valence-corrected chi connectivity index (χ1v) is 6.02. The highest BCUT2D eigenvalue weighted by atomic mass is 16.1. The van der Waals surface area contributed by atoms with Crippen molar-refractivity contribution in [3.05, 3.63) is 17.0 Å². The molecule has 0 atom stereocenters. The second-order valence-electron chi connectivity index (χ2n) is 4.23. The van der Waals surface area contributed by atoms with Crippen LogP contribution in [-0.4, -0.2) is 28.8 Å². The van der Waals surface area contributed by atoms with Crippen LogP contribution in [-0.2, 0) is 18.4 Å². The lowest BCUT2D eigenvalue weighted by Crippen LogP contribution is -2.34. The maximum atomic E-state index is 11.4. The predicted molar refractivity (Wildman–Crippen MR) is 67.7 cm³/mol. The fourth-order valence-electron chi connectivity index (χ4n) is 1.70. The molecule has 1 aromatic rings. The van der Waals surface area contributed by atoms with Crippen LogP contribution in [0.1, 0.15) is 30.3 Å². The van der Waals surface area contributed by atoms with Crippen LogP contribution in [0.3, 0.4) is 0 Å². The number of carbonyl (C=O) groups is 1. The number of amides is 1. The highest BCUT2D eigenvalue weighted by Crippen LogP contribution is 2.10. The maximum Gasteiger partial charge on any atom is 0.233 e. The van der Waals surface area contributed by atoms with Crippen LogP contribution in [0.15, 0.2) is 0 Å². The minimum absolute atomic E-state index is 0.0473. The molecule has 96 valence electrons. The van der Waals surface area contributed by atoms with E-state index >= 15 is 0 Å². The Morgan fingerprint density at radius 3 is 2.65 bits per heavy atom. The first-order chi connectivity index (χ1) is 8.06. The summed E-state index contributed by atoms with van der Waals surface area (Å²) in [6.45, 7) is 7.84. The second kappa shape index (κ2) is 6.39. The summed E-state index contributed by atoms with van der Waals surface area (Å²) < 4.78 is 1.86. The van der Waals surface area contributed by atoms with E-state index in [1.54, 1.807) is 0 Å². The molecule has 5 nitrogen and oxygen atoms in total. The number of nitrogens with one attached hydrogen (secondary N) is 2. The molecule has 0 saturated heterocycles. The molecule has 0 aliphatic heterocycles. The Hall–Kier alpha value is -1.36. The zero-order valence-electron chi connectivity index (χ0n) is 11.1. The molecule has 0 saturated carbocycles. The quantitative estimate of drug-likeness (QED) is 0.765. The van der Waals surface area contributed by atoms with Crippen molar-refractivity contribution in [2.24, 2.45) is 7.05 Å². The second-order valence-corrected chi connectivity index (χ2v) is 4.23. The number of carbonyl (C=O) groups excluding carboxylic acids is 1. The molecule has 0 aromatic carbocycles. The van der Waals surface area contributed by atoms with Crippen LogP contribution in [0.4, 0.5) is 0 Å². The molecule has 1 rings (SSSR count). The number of nitrogens with zero attached hydrogens (tertiary/aromatic N) is 2. The summed E-state index contributed by atoms with van der Waals surface area (Å²) in [5, 5.41) is 10.3. The molecule has 5 heteroatoms. The smallest absolute Gasteiger partial charge is 0.233 e. The van der Waals surface area contributed by atoms with Crippen LogP contribution in [0.2, 0.25) is 0 Å².